The highest BCUT2D eigenvalue weighted by Gasteiger charge is 2.35. The van der Waals surface area contributed by atoms with Gasteiger partial charge in [0.25, 0.3) is 0 Å². The number of hydrogen-bond donors (Lipinski definition) is 0. The van der Waals surface area contributed by atoms with Crippen LogP contribution < -0.4 is 0 Å². The van der Waals surface area contributed by atoms with E-state index >= 15 is 0 Å². The van der Waals surface area contributed by atoms with E-state index in [0.29, 0.717) is 17.3 Å². The highest BCUT2D eigenvalue weighted by atomic mass is 16.2. The molecule has 0 aromatic heterocycles. The van der Waals surface area contributed by atoms with Crippen molar-refractivity contribution in [2.45, 2.75) is 47.5 Å². The van der Waals surface area contributed by atoms with Gasteiger partial charge in [0.05, 0.1) is 0 Å². The summed E-state index contributed by atoms with van der Waals surface area (Å²) in [4.78, 5) is 13.4. The lowest BCUT2D eigenvalue weighted by Gasteiger charge is -2.43. The largest absolute Gasteiger partial charge is 0.343 e. The van der Waals surface area contributed by atoms with Crippen LogP contribution in [0.2, 0.25) is 0 Å². The molecule has 15 heavy (non-hydrogen) atoms. The lowest BCUT2D eigenvalue weighted by molar-refractivity contribution is -0.131. The Morgan fingerprint density at radius 2 is 2.00 bits per heavy atom. The fraction of sp³-hybridized carbons (Fsp3) is 0.923. The van der Waals surface area contributed by atoms with Crippen molar-refractivity contribution in [3.8, 4) is 0 Å². The minimum Gasteiger partial charge on any atom is -0.343 e. The van der Waals surface area contributed by atoms with E-state index in [2.05, 4.69) is 27.7 Å². The van der Waals surface area contributed by atoms with Crippen molar-refractivity contribution in [1.29, 1.82) is 0 Å². The van der Waals surface area contributed by atoms with Crippen molar-refractivity contribution < 1.29 is 4.79 Å². The number of rotatable bonds is 2. The van der Waals surface area contributed by atoms with Crippen LogP contribution in [0.3, 0.4) is 0 Å². The molecule has 2 heteroatoms. The number of nitrogens with zero attached hydrogens (tertiary/aromatic N) is 1. The molecule has 1 rings (SSSR count). The molecule has 1 saturated heterocycles. The third-order valence-electron chi connectivity index (χ3n) is 4.41. The molecule has 0 aliphatic carbocycles. The molecule has 1 amide bonds. The average molecular weight is 211 g/mol. The zero-order valence-electron chi connectivity index (χ0n) is 10.8. The first kappa shape index (κ1) is 12.5. The van der Waals surface area contributed by atoms with Gasteiger partial charge in [-0.2, -0.15) is 0 Å². The van der Waals surface area contributed by atoms with Crippen molar-refractivity contribution in [3.05, 3.63) is 0 Å². The zero-order chi connectivity index (χ0) is 11.6. The molecule has 0 bridgehead atoms. The number of carbonyl (C=O) groups excluding carboxylic acids is 1. The molecule has 1 aliphatic heterocycles. The van der Waals surface area contributed by atoms with Gasteiger partial charge in [0, 0.05) is 20.0 Å². The summed E-state index contributed by atoms with van der Waals surface area (Å²) in [6, 6.07) is 0. The highest BCUT2D eigenvalue weighted by molar-refractivity contribution is 5.73. The van der Waals surface area contributed by atoms with Gasteiger partial charge in [-0.1, -0.05) is 27.7 Å². The Kier molecular flexibility index (Phi) is 3.80. The molecule has 0 aromatic rings. The highest BCUT2D eigenvalue weighted by Crippen LogP contribution is 2.39. The van der Waals surface area contributed by atoms with E-state index in [1.165, 1.54) is 12.8 Å². The van der Waals surface area contributed by atoms with Crippen LogP contribution >= 0.6 is 0 Å². The van der Waals surface area contributed by atoms with Gasteiger partial charge in [0.2, 0.25) is 5.91 Å². The Morgan fingerprint density at radius 3 is 2.47 bits per heavy atom. The molecule has 88 valence electrons. The quantitative estimate of drug-likeness (QED) is 0.687. The molecule has 1 fully saturated rings. The van der Waals surface area contributed by atoms with Gasteiger partial charge in [-0.3, -0.25) is 4.79 Å². The van der Waals surface area contributed by atoms with Gasteiger partial charge in [-0.05, 0) is 30.1 Å². The van der Waals surface area contributed by atoms with Crippen molar-refractivity contribution in [2.75, 3.05) is 13.1 Å². The molecule has 1 unspecified atom stereocenters. The summed E-state index contributed by atoms with van der Waals surface area (Å²) in [6.07, 6.45) is 2.44. The summed E-state index contributed by atoms with van der Waals surface area (Å²) >= 11 is 0. The molecule has 0 aromatic carbocycles. The predicted molar refractivity (Wildman–Crippen MR) is 63.6 cm³/mol. The third kappa shape index (κ3) is 2.73. The van der Waals surface area contributed by atoms with Gasteiger partial charge in [0.1, 0.15) is 0 Å². The van der Waals surface area contributed by atoms with Crippen LogP contribution in [-0.2, 0) is 4.79 Å². The Labute approximate surface area is 94.0 Å². The van der Waals surface area contributed by atoms with Gasteiger partial charge in [-0.25, -0.2) is 0 Å². The number of amides is 1. The van der Waals surface area contributed by atoms with Gasteiger partial charge in [-0.15, -0.1) is 0 Å². The molecule has 2 nitrogen and oxygen atoms in total. The lowest BCUT2D eigenvalue weighted by atomic mass is 9.68. The fourth-order valence-electron chi connectivity index (χ4n) is 2.34. The van der Waals surface area contributed by atoms with Crippen LogP contribution in [-0.4, -0.2) is 23.9 Å². The maximum atomic E-state index is 11.4. The van der Waals surface area contributed by atoms with Crippen LogP contribution in [0.1, 0.15) is 47.5 Å². The second-order valence-corrected chi connectivity index (χ2v) is 5.78. The first-order chi connectivity index (χ1) is 6.85. The van der Waals surface area contributed by atoms with Crippen molar-refractivity contribution in [3.63, 3.8) is 0 Å². The standard InChI is InChI=1S/C13H25NO/c1-10(2)13(4,5)12-7-6-8-14(9-12)11(3)15/h10,12H,6-9H2,1-5H3. The minimum atomic E-state index is 0.235. The van der Waals surface area contributed by atoms with Crippen molar-refractivity contribution >= 4 is 5.91 Å². The van der Waals surface area contributed by atoms with Gasteiger partial charge >= 0.3 is 0 Å². The molecule has 0 N–H and O–H groups in total. The van der Waals surface area contributed by atoms with E-state index in [0.717, 1.165) is 13.1 Å². The Morgan fingerprint density at radius 1 is 1.40 bits per heavy atom. The summed E-state index contributed by atoms with van der Waals surface area (Å²) < 4.78 is 0. The normalized spacial score (nSPS) is 23.3. The van der Waals surface area contributed by atoms with E-state index in [9.17, 15) is 4.79 Å². The Bertz CT molecular complexity index is 233. The van der Waals surface area contributed by atoms with Crippen LogP contribution in [0.15, 0.2) is 0 Å². The molecular weight excluding hydrogens is 186 g/mol. The summed E-state index contributed by atoms with van der Waals surface area (Å²) in [5.74, 6) is 1.57. The van der Waals surface area contributed by atoms with E-state index in [-0.39, 0.29) is 5.91 Å². The predicted octanol–water partition coefficient (Wildman–Crippen LogP) is 2.93. The molecule has 0 radical (unpaired) electrons. The minimum absolute atomic E-state index is 0.235. The smallest absolute Gasteiger partial charge is 0.219 e. The maximum absolute atomic E-state index is 11.4. The SMILES string of the molecule is CC(=O)N1CCCC(C(C)(C)C(C)C)C1. The Hall–Kier alpha value is -0.530. The molecule has 1 heterocycles. The van der Waals surface area contributed by atoms with Crippen LogP contribution in [0, 0.1) is 17.3 Å². The van der Waals surface area contributed by atoms with Crippen molar-refractivity contribution in [2.24, 2.45) is 17.3 Å². The van der Waals surface area contributed by atoms with E-state index in [1.54, 1.807) is 6.92 Å². The number of likely N-dealkylation sites (tertiary alicyclic amines) is 1. The summed E-state index contributed by atoms with van der Waals surface area (Å²) in [7, 11) is 0. The van der Waals surface area contributed by atoms with Crippen LogP contribution in [0.5, 0.6) is 0 Å². The third-order valence-corrected chi connectivity index (χ3v) is 4.41. The molecular formula is C13H25NO. The molecule has 1 atom stereocenters. The van der Waals surface area contributed by atoms with E-state index in [4.69, 9.17) is 0 Å². The molecule has 0 saturated carbocycles. The van der Waals surface area contributed by atoms with E-state index in [1.807, 2.05) is 4.90 Å². The van der Waals surface area contributed by atoms with Gasteiger partial charge < -0.3 is 4.90 Å². The molecule has 1 aliphatic rings. The number of hydrogen-bond acceptors (Lipinski definition) is 1. The zero-order valence-corrected chi connectivity index (χ0v) is 10.8. The topological polar surface area (TPSA) is 20.3 Å². The second kappa shape index (κ2) is 4.54. The monoisotopic (exact) mass is 211 g/mol. The average Bonchev–Trinajstić information content (AvgIpc) is 2.17. The van der Waals surface area contributed by atoms with E-state index < -0.39 is 0 Å². The lowest BCUT2D eigenvalue weighted by Crippen LogP contribution is -2.45. The summed E-state index contributed by atoms with van der Waals surface area (Å²) in [5.41, 5.74) is 0.341. The van der Waals surface area contributed by atoms with Gasteiger partial charge in [0.15, 0.2) is 0 Å². The van der Waals surface area contributed by atoms with Crippen LogP contribution in [0.25, 0.3) is 0 Å². The Balaban J connectivity index is 2.67. The van der Waals surface area contributed by atoms with Crippen molar-refractivity contribution in [1.82, 2.24) is 4.90 Å². The number of piperidine rings is 1. The van der Waals surface area contributed by atoms with Crippen LogP contribution in [0.4, 0.5) is 0 Å². The molecule has 0 spiro atoms. The second-order valence-electron chi connectivity index (χ2n) is 5.78. The number of carbonyl (C=O) groups is 1. The summed E-state index contributed by atoms with van der Waals surface area (Å²) in [5, 5.41) is 0. The first-order valence-electron chi connectivity index (χ1n) is 6.11. The first-order valence-corrected chi connectivity index (χ1v) is 6.11. The maximum Gasteiger partial charge on any atom is 0.219 e. The summed E-state index contributed by atoms with van der Waals surface area (Å²) in [6.45, 7) is 12.8. The fourth-order valence-corrected chi connectivity index (χ4v) is 2.34.